The molecule has 1 aromatic carbocycles. The number of imide groups is 1. The fraction of sp³-hybridized carbons (Fsp3) is 0.471. The standard InChI is InChI=1S/C17H22ClN3O3/c1-4-17(5-2)15(23)21(16(24)20-17)10-14(22)19-11(3)12-6-8-13(18)9-7-12/h6-9,11H,4-5,10H2,1-3H3,(H,19,22)(H,20,24). The second kappa shape index (κ2) is 7.21. The number of halogens is 1. The van der Waals surface area contributed by atoms with Crippen molar-refractivity contribution < 1.29 is 14.4 Å². The third kappa shape index (κ3) is 3.53. The van der Waals surface area contributed by atoms with E-state index < -0.39 is 11.6 Å². The maximum Gasteiger partial charge on any atom is 0.325 e. The van der Waals surface area contributed by atoms with Gasteiger partial charge in [-0.05, 0) is 37.5 Å². The van der Waals surface area contributed by atoms with Crippen molar-refractivity contribution >= 4 is 29.4 Å². The Hall–Kier alpha value is -2.08. The molecular weight excluding hydrogens is 330 g/mol. The van der Waals surface area contributed by atoms with Gasteiger partial charge in [-0.2, -0.15) is 0 Å². The van der Waals surface area contributed by atoms with Gasteiger partial charge in [0, 0.05) is 5.02 Å². The highest BCUT2D eigenvalue weighted by atomic mass is 35.5. The lowest BCUT2D eigenvalue weighted by Crippen LogP contribution is -2.46. The van der Waals surface area contributed by atoms with Gasteiger partial charge in [0.05, 0.1) is 6.04 Å². The van der Waals surface area contributed by atoms with Crippen molar-refractivity contribution in [2.45, 2.75) is 45.2 Å². The summed E-state index contributed by atoms with van der Waals surface area (Å²) < 4.78 is 0. The molecule has 1 unspecified atom stereocenters. The molecule has 1 aliphatic heterocycles. The van der Waals surface area contributed by atoms with E-state index in [2.05, 4.69) is 10.6 Å². The van der Waals surface area contributed by atoms with Crippen molar-refractivity contribution in [1.29, 1.82) is 0 Å². The Bertz CT molecular complexity index is 641. The number of nitrogens with one attached hydrogen (secondary N) is 2. The zero-order chi connectivity index (χ0) is 17.9. The van der Waals surface area contributed by atoms with Crippen LogP contribution in [-0.2, 0) is 9.59 Å². The summed E-state index contributed by atoms with van der Waals surface area (Å²) in [5, 5.41) is 6.11. The van der Waals surface area contributed by atoms with Crippen LogP contribution in [0.25, 0.3) is 0 Å². The Kier molecular flexibility index (Phi) is 5.49. The van der Waals surface area contributed by atoms with Gasteiger partial charge >= 0.3 is 6.03 Å². The predicted molar refractivity (Wildman–Crippen MR) is 91.6 cm³/mol. The van der Waals surface area contributed by atoms with Gasteiger partial charge in [-0.1, -0.05) is 37.6 Å². The number of nitrogens with zero attached hydrogens (tertiary/aromatic N) is 1. The molecule has 1 heterocycles. The lowest BCUT2D eigenvalue weighted by molar-refractivity contribution is -0.135. The van der Waals surface area contributed by atoms with Crippen LogP contribution >= 0.6 is 11.6 Å². The Balaban J connectivity index is 2.00. The zero-order valence-corrected chi connectivity index (χ0v) is 14.8. The first-order valence-corrected chi connectivity index (χ1v) is 8.39. The van der Waals surface area contributed by atoms with Crippen molar-refractivity contribution in [3.05, 3.63) is 34.9 Å². The molecule has 7 heteroatoms. The summed E-state index contributed by atoms with van der Waals surface area (Å²) in [4.78, 5) is 37.7. The van der Waals surface area contributed by atoms with E-state index in [1.54, 1.807) is 12.1 Å². The van der Waals surface area contributed by atoms with Crippen molar-refractivity contribution in [2.75, 3.05) is 6.54 Å². The number of amides is 4. The molecule has 1 fully saturated rings. The molecule has 0 aromatic heterocycles. The van der Waals surface area contributed by atoms with E-state index in [4.69, 9.17) is 11.6 Å². The molecule has 1 aliphatic rings. The number of carbonyl (C=O) groups is 3. The van der Waals surface area contributed by atoms with E-state index >= 15 is 0 Å². The monoisotopic (exact) mass is 351 g/mol. The number of rotatable bonds is 6. The average Bonchev–Trinajstić information content (AvgIpc) is 2.80. The highest BCUT2D eigenvalue weighted by molar-refractivity contribution is 6.30. The van der Waals surface area contributed by atoms with E-state index in [1.807, 2.05) is 32.9 Å². The molecule has 130 valence electrons. The van der Waals surface area contributed by atoms with Gasteiger partial charge in [0.2, 0.25) is 5.91 Å². The van der Waals surface area contributed by atoms with Gasteiger partial charge in [0.1, 0.15) is 12.1 Å². The van der Waals surface area contributed by atoms with Crippen LogP contribution in [0, 0.1) is 0 Å². The molecule has 0 spiro atoms. The smallest absolute Gasteiger partial charge is 0.325 e. The van der Waals surface area contributed by atoms with Gasteiger partial charge in [-0.3, -0.25) is 14.5 Å². The van der Waals surface area contributed by atoms with Gasteiger partial charge in [0.25, 0.3) is 5.91 Å². The molecule has 0 radical (unpaired) electrons. The minimum atomic E-state index is -0.890. The number of hydrogen-bond acceptors (Lipinski definition) is 3. The summed E-state index contributed by atoms with van der Waals surface area (Å²) in [5.74, 6) is -0.726. The molecule has 0 bridgehead atoms. The number of benzene rings is 1. The van der Waals surface area contributed by atoms with Crippen LogP contribution < -0.4 is 10.6 Å². The summed E-state index contributed by atoms with van der Waals surface area (Å²) in [5.41, 5.74) is 0.000474. The quantitative estimate of drug-likeness (QED) is 0.773. The van der Waals surface area contributed by atoms with Crippen LogP contribution in [0.15, 0.2) is 24.3 Å². The first-order chi connectivity index (χ1) is 11.3. The lowest BCUT2D eigenvalue weighted by Gasteiger charge is -2.23. The van der Waals surface area contributed by atoms with E-state index in [0.29, 0.717) is 17.9 Å². The Morgan fingerprint density at radius 3 is 2.33 bits per heavy atom. The van der Waals surface area contributed by atoms with Crippen molar-refractivity contribution in [3.63, 3.8) is 0 Å². The van der Waals surface area contributed by atoms with Gasteiger partial charge in [-0.15, -0.1) is 0 Å². The predicted octanol–water partition coefficient (Wildman–Crippen LogP) is 2.63. The molecule has 0 aliphatic carbocycles. The third-order valence-corrected chi connectivity index (χ3v) is 4.75. The molecule has 1 aromatic rings. The topological polar surface area (TPSA) is 78.5 Å². The molecule has 6 nitrogen and oxygen atoms in total. The molecule has 2 N–H and O–H groups in total. The maximum absolute atomic E-state index is 12.5. The second-order valence-corrected chi connectivity index (χ2v) is 6.39. The van der Waals surface area contributed by atoms with Crippen LogP contribution in [0.3, 0.4) is 0 Å². The van der Waals surface area contributed by atoms with Gasteiger partial charge in [0.15, 0.2) is 0 Å². The van der Waals surface area contributed by atoms with Crippen LogP contribution in [0.4, 0.5) is 4.79 Å². The SMILES string of the molecule is CCC1(CC)NC(=O)N(CC(=O)NC(C)c2ccc(Cl)cc2)C1=O. The van der Waals surface area contributed by atoms with E-state index in [9.17, 15) is 14.4 Å². The van der Waals surface area contributed by atoms with Crippen molar-refractivity contribution in [3.8, 4) is 0 Å². The van der Waals surface area contributed by atoms with Crippen molar-refractivity contribution in [1.82, 2.24) is 15.5 Å². The molecule has 0 saturated carbocycles. The van der Waals surface area contributed by atoms with E-state index in [1.165, 1.54) is 0 Å². The highest BCUT2D eigenvalue weighted by Gasteiger charge is 2.49. The van der Waals surface area contributed by atoms with Crippen LogP contribution in [0.2, 0.25) is 5.02 Å². The fourth-order valence-electron chi connectivity index (χ4n) is 2.81. The minimum Gasteiger partial charge on any atom is -0.348 e. The maximum atomic E-state index is 12.5. The summed E-state index contributed by atoms with van der Waals surface area (Å²) in [6, 6.07) is 6.36. The fourth-order valence-corrected chi connectivity index (χ4v) is 2.94. The molecule has 24 heavy (non-hydrogen) atoms. The molecule has 1 saturated heterocycles. The minimum absolute atomic E-state index is 0.252. The average molecular weight is 352 g/mol. The van der Waals surface area contributed by atoms with Crippen LogP contribution in [0.5, 0.6) is 0 Å². The molecule has 4 amide bonds. The van der Waals surface area contributed by atoms with Crippen LogP contribution in [-0.4, -0.2) is 34.8 Å². The summed E-state index contributed by atoms with van der Waals surface area (Å²) in [6.45, 7) is 5.22. The molecular formula is C17H22ClN3O3. The Labute approximate surface area is 146 Å². The summed E-state index contributed by atoms with van der Waals surface area (Å²) in [7, 11) is 0. The lowest BCUT2D eigenvalue weighted by atomic mass is 9.93. The first kappa shape index (κ1) is 18.3. The van der Waals surface area contributed by atoms with Crippen LogP contribution in [0.1, 0.15) is 45.2 Å². The van der Waals surface area contributed by atoms with Gasteiger partial charge in [-0.25, -0.2) is 4.79 Å². The summed E-state index contributed by atoms with van der Waals surface area (Å²) >= 11 is 5.85. The van der Waals surface area contributed by atoms with E-state index in [0.717, 1.165) is 10.5 Å². The molecule has 1 atom stereocenters. The second-order valence-electron chi connectivity index (χ2n) is 5.95. The number of hydrogen-bond donors (Lipinski definition) is 2. The number of carbonyl (C=O) groups excluding carboxylic acids is 3. The van der Waals surface area contributed by atoms with Gasteiger partial charge < -0.3 is 10.6 Å². The van der Waals surface area contributed by atoms with Crippen molar-refractivity contribution in [2.24, 2.45) is 0 Å². The normalized spacial score (nSPS) is 17.6. The number of urea groups is 1. The highest BCUT2D eigenvalue weighted by Crippen LogP contribution is 2.24. The first-order valence-electron chi connectivity index (χ1n) is 8.02. The largest absolute Gasteiger partial charge is 0.348 e. The Morgan fingerprint density at radius 2 is 1.83 bits per heavy atom. The summed E-state index contributed by atoms with van der Waals surface area (Å²) in [6.07, 6.45) is 0.987. The Morgan fingerprint density at radius 1 is 1.25 bits per heavy atom. The zero-order valence-electron chi connectivity index (χ0n) is 14.1. The molecule has 2 rings (SSSR count). The van der Waals surface area contributed by atoms with E-state index in [-0.39, 0.29) is 24.4 Å². The third-order valence-electron chi connectivity index (χ3n) is 4.50.